The van der Waals surface area contributed by atoms with Crippen LogP contribution in [0.2, 0.25) is 0 Å². The Hall–Kier alpha value is -3.93. The lowest BCUT2D eigenvalue weighted by molar-refractivity contribution is -0.149. The van der Waals surface area contributed by atoms with Crippen LogP contribution in [0.3, 0.4) is 0 Å². The molecule has 37 heavy (non-hydrogen) atoms. The second-order valence-electron chi connectivity index (χ2n) is 9.83. The quantitative estimate of drug-likeness (QED) is 0.439. The molecule has 5 rings (SSSR count). The fourth-order valence-electron chi connectivity index (χ4n) is 5.04. The van der Waals surface area contributed by atoms with Gasteiger partial charge in [0.1, 0.15) is 11.9 Å². The molecule has 1 aliphatic heterocycles. The Morgan fingerprint density at radius 2 is 1.76 bits per heavy atom. The van der Waals surface area contributed by atoms with Crippen molar-refractivity contribution in [2.24, 2.45) is 0 Å². The van der Waals surface area contributed by atoms with E-state index < -0.39 is 0 Å². The molecule has 2 amide bonds. The molecular formula is C31H31FN2O3. The maximum atomic E-state index is 14.4. The number of carbonyl (C=O) groups is 2. The van der Waals surface area contributed by atoms with Gasteiger partial charge in [0.15, 0.2) is 5.76 Å². The fourth-order valence-corrected chi connectivity index (χ4v) is 5.04. The first kappa shape index (κ1) is 24.8. The average Bonchev–Trinajstić information content (AvgIpc) is 2.92. The summed E-state index contributed by atoms with van der Waals surface area (Å²) in [6.07, 6.45) is 5.40. The number of fused-ring (bicyclic) bond motifs is 1. The summed E-state index contributed by atoms with van der Waals surface area (Å²) in [5, 5.41) is 2.94. The molecule has 2 atom stereocenters. The highest BCUT2D eigenvalue weighted by Crippen LogP contribution is 2.34. The molecule has 3 aromatic carbocycles. The molecule has 1 saturated carbocycles. The van der Waals surface area contributed by atoms with E-state index in [-0.39, 0.29) is 42.1 Å². The third-order valence-corrected chi connectivity index (χ3v) is 7.16. The molecule has 0 aromatic heterocycles. The maximum Gasteiger partial charge on any atom is 0.289 e. The number of rotatable bonds is 6. The van der Waals surface area contributed by atoms with E-state index >= 15 is 0 Å². The molecule has 6 heteroatoms. The van der Waals surface area contributed by atoms with Gasteiger partial charge in [0.05, 0.1) is 6.04 Å². The van der Waals surface area contributed by atoms with Crippen molar-refractivity contribution in [2.45, 2.75) is 57.8 Å². The van der Waals surface area contributed by atoms with Crippen LogP contribution in [0.15, 0.2) is 78.6 Å². The number of carbonyl (C=O) groups excluding carboxylic acids is 2. The summed E-state index contributed by atoms with van der Waals surface area (Å²) in [4.78, 5) is 27.8. The van der Waals surface area contributed by atoms with Crippen molar-refractivity contribution >= 4 is 17.9 Å². The van der Waals surface area contributed by atoms with Gasteiger partial charge >= 0.3 is 0 Å². The van der Waals surface area contributed by atoms with Crippen LogP contribution in [0.4, 0.5) is 4.39 Å². The minimum atomic E-state index is -0.309. The van der Waals surface area contributed by atoms with Gasteiger partial charge < -0.3 is 15.0 Å². The molecule has 1 heterocycles. The molecule has 2 fully saturated rings. The van der Waals surface area contributed by atoms with Crippen LogP contribution >= 0.6 is 0 Å². The molecule has 1 N–H and O–H groups in total. The van der Waals surface area contributed by atoms with Crippen molar-refractivity contribution in [2.75, 3.05) is 0 Å². The van der Waals surface area contributed by atoms with Gasteiger partial charge in [-0.05, 0) is 61.6 Å². The molecule has 5 nitrogen and oxygen atoms in total. The standard InChI is InChI=1S/C31H31FN2O3/c1-21-10-12-23(13-11-21)19-33-30(35)24-16-14-22(15-17-24)18-29-31(36)34(20-25-6-2-3-7-26(25)32)27-8-4-5-9-28(27)37-29/h2-3,6-7,10-18,27-28H,4-5,8-9,19-20H2,1H3,(H,33,35)/b29-18-. The van der Waals surface area contributed by atoms with Crippen LogP contribution in [0, 0.1) is 12.7 Å². The summed E-state index contributed by atoms with van der Waals surface area (Å²) in [6.45, 7) is 2.69. The number of morpholine rings is 1. The third-order valence-electron chi connectivity index (χ3n) is 7.16. The highest BCUT2D eigenvalue weighted by Gasteiger charge is 2.41. The predicted octanol–water partition coefficient (Wildman–Crippen LogP) is 5.78. The van der Waals surface area contributed by atoms with Gasteiger partial charge in [0.2, 0.25) is 0 Å². The molecule has 1 aliphatic carbocycles. The normalized spacial score (nSPS) is 20.3. The minimum absolute atomic E-state index is 0.0578. The summed E-state index contributed by atoms with van der Waals surface area (Å²) < 4.78 is 20.6. The number of amides is 2. The van der Waals surface area contributed by atoms with Crippen LogP contribution in [-0.2, 0) is 22.6 Å². The lowest BCUT2D eigenvalue weighted by atomic mass is 9.89. The topological polar surface area (TPSA) is 58.6 Å². The van der Waals surface area contributed by atoms with Gasteiger partial charge in [-0.3, -0.25) is 9.59 Å². The van der Waals surface area contributed by atoms with E-state index in [4.69, 9.17) is 4.74 Å². The van der Waals surface area contributed by atoms with Crippen molar-refractivity contribution in [3.63, 3.8) is 0 Å². The van der Waals surface area contributed by atoms with Gasteiger partial charge in [-0.1, -0.05) is 66.6 Å². The zero-order chi connectivity index (χ0) is 25.8. The smallest absolute Gasteiger partial charge is 0.289 e. The largest absolute Gasteiger partial charge is 0.482 e. The number of benzene rings is 3. The van der Waals surface area contributed by atoms with E-state index in [1.165, 1.54) is 11.6 Å². The Balaban J connectivity index is 1.30. The Bertz CT molecular complexity index is 1300. The average molecular weight is 499 g/mol. The maximum absolute atomic E-state index is 14.4. The lowest BCUT2D eigenvalue weighted by Gasteiger charge is -2.44. The number of aryl methyl sites for hydroxylation is 1. The molecule has 3 aromatic rings. The number of hydrogen-bond donors (Lipinski definition) is 1. The first-order valence-corrected chi connectivity index (χ1v) is 12.8. The summed E-state index contributed by atoms with van der Waals surface area (Å²) in [7, 11) is 0. The molecule has 0 radical (unpaired) electrons. The molecule has 1 saturated heterocycles. The van der Waals surface area contributed by atoms with Gasteiger partial charge in [0.25, 0.3) is 11.8 Å². The number of hydrogen-bond acceptors (Lipinski definition) is 3. The van der Waals surface area contributed by atoms with Crippen molar-refractivity contribution in [1.29, 1.82) is 0 Å². The van der Waals surface area contributed by atoms with Crippen LogP contribution in [0.5, 0.6) is 0 Å². The second-order valence-corrected chi connectivity index (χ2v) is 9.83. The van der Waals surface area contributed by atoms with Crippen LogP contribution < -0.4 is 5.32 Å². The Morgan fingerprint density at radius 3 is 2.51 bits per heavy atom. The Labute approximate surface area is 217 Å². The van der Waals surface area contributed by atoms with Crippen molar-refractivity contribution < 1.29 is 18.7 Å². The van der Waals surface area contributed by atoms with E-state index in [0.29, 0.717) is 17.7 Å². The van der Waals surface area contributed by atoms with E-state index in [1.54, 1.807) is 53.4 Å². The third kappa shape index (κ3) is 5.74. The molecule has 190 valence electrons. The minimum Gasteiger partial charge on any atom is -0.482 e. The second kappa shape index (κ2) is 11.0. The first-order chi connectivity index (χ1) is 18.0. The van der Waals surface area contributed by atoms with Crippen LogP contribution in [0.1, 0.15) is 58.3 Å². The van der Waals surface area contributed by atoms with Crippen LogP contribution in [-0.4, -0.2) is 28.9 Å². The molecule has 0 bridgehead atoms. The summed E-state index contributed by atoms with van der Waals surface area (Å²) in [6, 6.07) is 21.7. The summed E-state index contributed by atoms with van der Waals surface area (Å²) >= 11 is 0. The summed E-state index contributed by atoms with van der Waals surface area (Å²) in [5.41, 5.74) is 4.02. The van der Waals surface area contributed by atoms with Gasteiger partial charge in [0, 0.05) is 24.2 Å². The molecule has 0 spiro atoms. The monoisotopic (exact) mass is 498 g/mol. The molecular weight excluding hydrogens is 467 g/mol. The van der Waals surface area contributed by atoms with Crippen molar-refractivity contribution in [1.82, 2.24) is 10.2 Å². The number of halogens is 1. The Morgan fingerprint density at radius 1 is 1.03 bits per heavy atom. The lowest BCUT2D eigenvalue weighted by Crippen LogP contribution is -2.54. The Kier molecular flexibility index (Phi) is 7.35. The number of nitrogens with one attached hydrogen (secondary N) is 1. The van der Waals surface area contributed by atoms with Gasteiger partial charge in [-0.25, -0.2) is 4.39 Å². The zero-order valence-corrected chi connectivity index (χ0v) is 21.0. The fraction of sp³-hybridized carbons (Fsp3) is 0.290. The summed E-state index contributed by atoms with van der Waals surface area (Å²) in [5.74, 6) is -0.441. The van der Waals surface area contributed by atoms with Crippen LogP contribution in [0.25, 0.3) is 6.08 Å². The number of ether oxygens (including phenoxy) is 1. The van der Waals surface area contributed by atoms with Gasteiger partial charge in [-0.15, -0.1) is 0 Å². The highest BCUT2D eigenvalue weighted by molar-refractivity contribution is 5.97. The SMILES string of the molecule is Cc1ccc(CNC(=O)c2ccc(/C=C3\OC4CCCCC4N(Cc4ccccc4F)C3=O)cc2)cc1. The predicted molar refractivity (Wildman–Crippen MR) is 141 cm³/mol. The van der Waals surface area contributed by atoms with Crippen molar-refractivity contribution in [3.8, 4) is 0 Å². The number of nitrogens with zero attached hydrogens (tertiary/aromatic N) is 1. The molecule has 2 aliphatic rings. The molecule has 2 unspecified atom stereocenters. The van der Waals surface area contributed by atoms with E-state index in [9.17, 15) is 14.0 Å². The van der Waals surface area contributed by atoms with E-state index in [2.05, 4.69) is 5.32 Å². The zero-order valence-electron chi connectivity index (χ0n) is 21.0. The first-order valence-electron chi connectivity index (χ1n) is 12.8. The van der Waals surface area contributed by atoms with E-state index in [0.717, 1.165) is 36.8 Å². The van der Waals surface area contributed by atoms with Gasteiger partial charge in [-0.2, -0.15) is 0 Å². The van der Waals surface area contributed by atoms with E-state index in [1.807, 2.05) is 31.2 Å². The highest BCUT2D eigenvalue weighted by atomic mass is 19.1. The van der Waals surface area contributed by atoms with Crippen molar-refractivity contribution in [3.05, 3.63) is 112 Å².